The minimum absolute atomic E-state index is 0.0264. The van der Waals surface area contributed by atoms with E-state index in [2.05, 4.69) is 36.3 Å². The summed E-state index contributed by atoms with van der Waals surface area (Å²) in [6, 6.07) is 4.29. The largest absolute Gasteiger partial charge is 0.381 e. The number of hydrogen-bond donors (Lipinski definition) is 1. The molecule has 0 saturated carbocycles. The molecule has 0 spiro atoms. The van der Waals surface area contributed by atoms with Crippen LogP contribution in [0.15, 0.2) is 12.1 Å². The van der Waals surface area contributed by atoms with Crippen molar-refractivity contribution in [3.63, 3.8) is 0 Å². The van der Waals surface area contributed by atoms with Gasteiger partial charge in [0, 0.05) is 43.7 Å². The van der Waals surface area contributed by atoms with Crippen LogP contribution in [-0.2, 0) is 10.2 Å². The Morgan fingerprint density at radius 2 is 1.82 bits per heavy atom. The highest BCUT2D eigenvalue weighted by molar-refractivity contribution is 5.74. The number of carbonyl (C=O) groups is 1. The first-order valence-electron chi connectivity index (χ1n) is 10.3. The number of likely N-dealkylation sites (tertiary alicyclic amines) is 1. The predicted molar refractivity (Wildman–Crippen MR) is 105 cm³/mol. The van der Waals surface area contributed by atoms with Crippen LogP contribution in [0.5, 0.6) is 0 Å². The predicted octanol–water partition coefficient (Wildman–Crippen LogP) is 2.49. The normalized spacial score (nSPS) is 19.9. The maximum absolute atomic E-state index is 12.6. The van der Waals surface area contributed by atoms with E-state index in [1.807, 2.05) is 21.5 Å². The topological polar surface area (TPSA) is 84.7 Å². The lowest BCUT2D eigenvalue weighted by molar-refractivity contribution is 0.0774. The Bertz CT molecular complexity index is 829. The highest BCUT2D eigenvalue weighted by atomic mass is 16.5. The van der Waals surface area contributed by atoms with Crippen molar-refractivity contribution in [1.82, 2.24) is 30.0 Å². The van der Waals surface area contributed by atoms with E-state index < -0.39 is 0 Å². The molecule has 8 heteroatoms. The molecule has 2 amide bonds. The van der Waals surface area contributed by atoms with Gasteiger partial charge in [-0.3, -0.25) is 0 Å². The van der Waals surface area contributed by atoms with Gasteiger partial charge in [0.15, 0.2) is 11.5 Å². The molecule has 2 aliphatic rings. The smallest absolute Gasteiger partial charge is 0.317 e. The van der Waals surface area contributed by atoms with Crippen molar-refractivity contribution in [3.8, 4) is 0 Å². The van der Waals surface area contributed by atoms with E-state index in [1.54, 1.807) is 0 Å². The molecule has 4 rings (SSSR count). The molecule has 0 atom stereocenters. The molecule has 2 aromatic rings. The average Bonchev–Trinajstić information content (AvgIpc) is 3.11. The van der Waals surface area contributed by atoms with Crippen molar-refractivity contribution < 1.29 is 9.53 Å². The van der Waals surface area contributed by atoms with Crippen molar-refractivity contribution in [1.29, 1.82) is 0 Å². The second-order valence-corrected chi connectivity index (χ2v) is 8.89. The van der Waals surface area contributed by atoms with Crippen LogP contribution >= 0.6 is 0 Å². The standard InChI is InChI=1S/C20H30N6O2/c1-20(2,3)16-4-5-17-22-23-18(26(17)24-16)14-6-10-25(11-7-14)19(27)21-15-8-12-28-13-9-15/h4-5,14-15H,6-13H2,1-3H3,(H,21,27). The molecule has 2 saturated heterocycles. The summed E-state index contributed by atoms with van der Waals surface area (Å²) >= 11 is 0. The Balaban J connectivity index is 1.41. The van der Waals surface area contributed by atoms with E-state index in [0.29, 0.717) is 0 Å². The number of rotatable bonds is 2. The van der Waals surface area contributed by atoms with E-state index >= 15 is 0 Å². The summed E-state index contributed by atoms with van der Waals surface area (Å²) in [6.07, 6.45) is 3.55. The first-order valence-corrected chi connectivity index (χ1v) is 10.3. The van der Waals surface area contributed by atoms with Crippen LogP contribution in [-0.4, -0.2) is 63.1 Å². The number of carbonyl (C=O) groups excluding carboxylic acids is 1. The van der Waals surface area contributed by atoms with Gasteiger partial charge in [0.25, 0.3) is 0 Å². The van der Waals surface area contributed by atoms with Crippen LogP contribution in [0, 0.1) is 0 Å². The number of fused-ring (bicyclic) bond motifs is 1. The third kappa shape index (κ3) is 3.97. The number of ether oxygens (including phenoxy) is 1. The molecule has 2 fully saturated rings. The molecule has 0 aliphatic carbocycles. The Morgan fingerprint density at radius 1 is 1.11 bits per heavy atom. The summed E-state index contributed by atoms with van der Waals surface area (Å²) in [5, 5.41) is 16.7. The molecule has 0 unspecified atom stereocenters. The molecule has 28 heavy (non-hydrogen) atoms. The monoisotopic (exact) mass is 386 g/mol. The van der Waals surface area contributed by atoms with E-state index in [-0.39, 0.29) is 23.4 Å². The summed E-state index contributed by atoms with van der Waals surface area (Å²) < 4.78 is 7.25. The van der Waals surface area contributed by atoms with E-state index in [1.165, 1.54) is 0 Å². The Labute approximate surface area is 165 Å². The lowest BCUT2D eigenvalue weighted by Gasteiger charge is -2.33. The van der Waals surface area contributed by atoms with Gasteiger partial charge >= 0.3 is 6.03 Å². The van der Waals surface area contributed by atoms with Gasteiger partial charge in [-0.15, -0.1) is 10.2 Å². The molecular weight excluding hydrogens is 356 g/mol. The number of hydrogen-bond acceptors (Lipinski definition) is 5. The van der Waals surface area contributed by atoms with Crippen molar-refractivity contribution in [2.24, 2.45) is 0 Å². The molecule has 0 radical (unpaired) electrons. The van der Waals surface area contributed by atoms with Gasteiger partial charge in [-0.25, -0.2) is 4.79 Å². The van der Waals surface area contributed by atoms with Crippen molar-refractivity contribution >= 4 is 11.7 Å². The summed E-state index contributed by atoms with van der Waals surface area (Å²) in [5.41, 5.74) is 1.78. The molecule has 2 aliphatic heterocycles. The summed E-state index contributed by atoms with van der Waals surface area (Å²) in [5.74, 6) is 1.18. The fraction of sp³-hybridized carbons (Fsp3) is 0.700. The second kappa shape index (κ2) is 7.66. The molecule has 0 bridgehead atoms. The van der Waals surface area contributed by atoms with Crippen LogP contribution < -0.4 is 5.32 Å². The number of urea groups is 1. The molecule has 1 N–H and O–H groups in total. The zero-order valence-corrected chi connectivity index (χ0v) is 17.0. The first kappa shape index (κ1) is 19.1. The number of piperidine rings is 1. The lowest BCUT2D eigenvalue weighted by atomic mass is 9.92. The van der Waals surface area contributed by atoms with Crippen LogP contribution in [0.2, 0.25) is 0 Å². The third-order valence-electron chi connectivity index (χ3n) is 5.75. The summed E-state index contributed by atoms with van der Waals surface area (Å²) in [7, 11) is 0. The SMILES string of the molecule is CC(C)(C)c1ccc2nnc(C3CCN(C(=O)NC4CCOCC4)CC3)n2n1. The molecule has 8 nitrogen and oxygen atoms in total. The fourth-order valence-corrected chi connectivity index (χ4v) is 3.91. The maximum Gasteiger partial charge on any atom is 0.317 e. The minimum atomic E-state index is -0.0264. The van der Waals surface area contributed by atoms with E-state index in [0.717, 1.165) is 69.2 Å². The minimum Gasteiger partial charge on any atom is -0.381 e. The van der Waals surface area contributed by atoms with Crippen LogP contribution in [0.25, 0.3) is 5.65 Å². The molecule has 2 aromatic heterocycles. The number of amides is 2. The summed E-state index contributed by atoms with van der Waals surface area (Å²) in [6.45, 7) is 9.39. The molecule has 152 valence electrons. The highest BCUT2D eigenvalue weighted by Crippen LogP contribution is 2.28. The molecular formula is C20H30N6O2. The number of nitrogens with zero attached hydrogens (tertiary/aromatic N) is 5. The van der Waals surface area contributed by atoms with Gasteiger partial charge in [0.1, 0.15) is 0 Å². The molecule has 4 heterocycles. The van der Waals surface area contributed by atoms with Crippen molar-refractivity contribution in [2.75, 3.05) is 26.3 Å². The van der Waals surface area contributed by atoms with Gasteiger partial charge in [-0.1, -0.05) is 20.8 Å². The van der Waals surface area contributed by atoms with Crippen LogP contribution in [0.4, 0.5) is 4.79 Å². The highest BCUT2D eigenvalue weighted by Gasteiger charge is 2.29. The summed E-state index contributed by atoms with van der Waals surface area (Å²) in [4.78, 5) is 14.5. The van der Waals surface area contributed by atoms with Crippen LogP contribution in [0.1, 0.15) is 63.9 Å². The van der Waals surface area contributed by atoms with Crippen LogP contribution in [0.3, 0.4) is 0 Å². The first-order chi connectivity index (χ1) is 13.4. The van der Waals surface area contributed by atoms with Gasteiger partial charge in [0.2, 0.25) is 0 Å². The number of nitrogens with one attached hydrogen (secondary N) is 1. The third-order valence-corrected chi connectivity index (χ3v) is 5.75. The van der Waals surface area contributed by atoms with E-state index in [4.69, 9.17) is 9.84 Å². The van der Waals surface area contributed by atoms with Gasteiger partial charge in [0.05, 0.1) is 5.69 Å². The van der Waals surface area contributed by atoms with Crippen molar-refractivity contribution in [2.45, 2.75) is 63.8 Å². The van der Waals surface area contributed by atoms with Gasteiger partial charge in [-0.2, -0.15) is 9.61 Å². The zero-order valence-electron chi connectivity index (χ0n) is 17.0. The quantitative estimate of drug-likeness (QED) is 0.857. The van der Waals surface area contributed by atoms with Gasteiger partial charge < -0.3 is 15.0 Å². The molecule has 0 aromatic carbocycles. The zero-order chi connectivity index (χ0) is 19.7. The van der Waals surface area contributed by atoms with E-state index in [9.17, 15) is 4.79 Å². The Morgan fingerprint density at radius 3 is 2.50 bits per heavy atom. The fourth-order valence-electron chi connectivity index (χ4n) is 3.91. The maximum atomic E-state index is 12.6. The second-order valence-electron chi connectivity index (χ2n) is 8.89. The average molecular weight is 387 g/mol. The van der Waals surface area contributed by atoms with Crippen molar-refractivity contribution in [3.05, 3.63) is 23.7 Å². The Hall–Kier alpha value is -2.22. The number of aromatic nitrogens is 4. The van der Waals surface area contributed by atoms with Gasteiger partial charge in [-0.05, 0) is 37.8 Å². The Kier molecular flexibility index (Phi) is 5.23. The lowest BCUT2D eigenvalue weighted by Crippen LogP contribution is -2.49.